The predicted octanol–water partition coefficient (Wildman–Crippen LogP) is 2.70. The third-order valence-electron chi connectivity index (χ3n) is 5.23. The zero-order chi connectivity index (χ0) is 15.8. The van der Waals surface area contributed by atoms with Crippen molar-refractivity contribution in [2.45, 2.75) is 65.8 Å². The van der Waals surface area contributed by atoms with Crippen LogP contribution in [0.5, 0.6) is 0 Å². The monoisotopic (exact) mass is 294 g/mol. The number of carbonyl (C=O) groups is 3. The Morgan fingerprint density at radius 2 is 1.57 bits per heavy atom. The van der Waals surface area contributed by atoms with Gasteiger partial charge in [-0.1, -0.05) is 27.7 Å². The summed E-state index contributed by atoms with van der Waals surface area (Å²) >= 11 is 0. The summed E-state index contributed by atoms with van der Waals surface area (Å²) in [6.07, 6.45) is 3.65. The Bertz CT molecular complexity index is 446. The van der Waals surface area contributed by atoms with Crippen LogP contribution >= 0.6 is 0 Å². The van der Waals surface area contributed by atoms with Crippen LogP contribution in [0, 0.1) is 17.3 Å². The van der Waals surface area contributed by atoms with E-state index in [4.69, 9.17) is 0 Å². The van der Waals surface area contributed by atoms with Crippen LogP contribution in [0.1, 0.15) is 59.8 Å². The molecule has 0 bridgehead atoms. The van der Waals surface area contributed by atoms with Crippen LogP contribution in [0.2, 0.25) is 0 Å². The number of rotatable bonds is 3. The van der Waals surface area contributed by atoms with E-state index >= 15 is 0 Å². The van der Waals surface area contributed by atoms with E-state index in [0.29, 0.717) is 24.7 Å². The van der Waals surface area contributed by atoms with Gasteiger partial charge < -0.3 is 0 Å². The lowest BCUT2D eigenvalue weighted by molar-refractivity contribution is -0.154. The van der Waals surface area contributed by atoms with Crippen molar-refractivity contribution in [3.8, 4) is 0 Å². The van der Waals surface area contributed by atoms with Gasteiger partial charge in [0.15, 0.2) is 0 Å². The predicted molar refractivity (Wildman–Crippen MR) is 79.4 cm³/mol. The third kappa shape index (κ3) is 2.58. The van der Waals surface area contributed by atoms with Crippen molar-refractivity contribution in [2.24, 2.45) is 17.3 Å². The van der Waals surface area contributed by atoms with Crippen LogP contribution in [-0.4, -0.2) is 28.8 Å². The Morgan fingerprint density at radius 1 is 1.05 bits per heavy atom. The molecule has 0 aromatic carbocycles. The lowest BCUT2D eigenvalue weighted by atomic mass is 9.75. The van der Waals surface area contributed by atoms with Crippen molar-refractivity contribution in [3.05, 3.63) is 0 Å². The molecule has 4 amide bonds. The summed E-state index contributed by atoms with van der Waals surface area (Å²) in [4.78, 5) is 38.6. The van der Waals surface area contributed by atoms with Crippen molar-refractivity contribution in [2.75, 3.05) is 0 Å². The van der Waals surface area contributed by atoms with Crippen molar-refractivity contribution >= 4 is 17.8 Å². The summed E-state index contributed by atoms with van der Waals surface area (Å²) in [5.41, 5.74) is -1.07. The van der Waals surface area contributed by atoms with E-state index in [-0.39, 0.29) is 11.9 Å². The van der Waals surface area contributed by atoms with E-state index in [1.807, 2.05) is 13.8 Å². The highest BCUT2D eigenvalue weighted by Crippen LogP contribution is 2.38. The minimum Gasteiger partial charge on any atom is -0.277 e. The molecule has 1 saturated carbocycles. The molecule has 2 unspecified atom stereocenters. The van der Waals surface area contributed by atoms with Crippen molar-refractivity contribution in [1.82, 2.24) is 10.2 Å². The number of imide groups is 2. The molecule has 1 N–H and O–H groups in total. The molecule has 1 aliphatic heterocycles. The molecule has 1 saturated heterocycles. The lowest BCUT2D eigenvalue weighted by Gasteiger charge is -2.44. The van der Waals surface area contributed by atoms with Crippen LogP contribution in [0.3, 0.4) is 0 Å². The number of barbiturate groups is 1. The highest BCUT2D eigenvalue weighted by Gasteiger charge is 2.53. The summed E-state index contributed by atoms with van der Waals surface area (Å²) in [5, 5.41) is 2.41. The van der Waals surface area contributed by atoms with Crippen molar-refractivity contribution in [3.63, 3.8) is 0 Å². The van der Waals surface area contributed by atoms with E-state index < -0.39 is 17.4 Å². The molecule has 118 valence electrons. The number of amides is 4. The summed E-state index contributed by atoms with van der Waals surface area (Å²) in [5.74, 6) is 0.257. The quantitative estimate of drug-likeness (QED) is 0.814. The average molecular weight is 294 g/mol. The first-order valence-electron chi connectivity index (χ1n) is 8.04. The van der Waals surface area contributed by atoms with E-state index in [1.54, 1.807) is 0 Å². The molecule has 0 aromatic rings. The smallest absolute Gasteiger partial charge is 0.277 e. The summed E-state index contributed by atoms with van der Waals surface area (Å²) < 4.78 is 0. The maximum absolute atomic E-state index is 12.9. The van der Waals surface area contributed by atoms with Crippen LogP contribution in [-0.2, 0) is 9.59 Å². The van der Waals surface area contributed by atoms with Gasteiger partial charge in [-0.25, -0.2) is 4.79 Å². The molecule has 0 radical (unpaired) electrons. The Labute approximate surface area is 126 Å². The van der Waals surface area contributed by atoms with Gasteiger partial charge in [0.2, 0.25) is 11.8 Å². The largest absolute Gasteiger partial charge is 0.331 e. The van der Waals surface area contributed by atoms with Gasteiger partial charge in [0.1, 0.15) is 5.41 Å². The maximum atomic E-state index is 12.9. The number of hydrogen-bond acceptors (Lipinski definition) is 3. The van der Waals surface area contributed by atoms with Gasteiger partial charge in [-0.3, -0.25) is 19.8 Å². The van der Waals surface area contributed by atoms with Crippen LogP contribution < -0.4 is 5.32 Å². The van der Waals surface area contributed by atoms with Gasteiger partial charge in [0.25, 0.3) is 0 Å². The number of hydrogen-bond donors (Lipinski definition) is 1. The summed E-state index contributed by atoms with van der Waals surface area (Å²) in [6, 6.07) is -0.615. The van der Waals surface area contributed by atoms with Crippen LogP contribution in [0.4, 0.5) is 4.79 Å². The summed E-state index contributed by atoms with van der Waals surface area (Å²) in [7, 11) is 0. The molecule has 5 heteroatoms. The lowest BCUT2D eigenvalue weighted by Crippen LogP contribution is -2.66. The van der Waals surface area contributed by atoms with Gasteiger partial charge in [0.05, 0.1) is 0 Å². The van der Waals surface area contributed by atoms with E-state index in [9.17, 15) is 14.4 Å². The van der Waals surface area contributed by atoms with Crippen molar-refractivity contribution < 1.29 is 14.4 Å². The van der Waals surface area contributed by atoms with Crippen LogP contribution in [0.15, 0.2) is 0 Å². The Hall–Kier alpha value is -1.39. The second kappa shape index (κ2) is 5.78. The first-order valence-corrected chi connectivity index (χ1v) is 8.04. The fourth-order valence-corrected chi connectivity index (χ4v) is 4.02. The van der Waals surface area contributed by atoms with Gasteiger partial charge >= 0.3 is 6.03 Å². The Balaban J connectivity index is 2.31. The molecule has 1 aliphatic carbocycles. The molecule has 2 fully saturated rings. The summed E-state index contributed by atoms with van der Waals surface area (Å²) in [6.45, 7) is 7.99. The van der Waals surface area contributed by atoms with Crippen LogP contribution in [0.25, 0.3) is 0 Å². The minimum atomic E-state index is -1.07. The van der Waals surface area contributed by atoms with Gasteiger partial charge in [-0.2, -0.15) is 0 Å². The molecular formula is C16H26N2O3. The Morgan fingerprint density at radius 3 is 2.05 bits per heavy atom. The highest BCUT2D eigenvalue weighted by molar-refractivity contribution is 6.19. The first kappa shape index (κ1) is 16.0. The molecule has 2 aliphatic rings. The molecule has 1 heterocycles. The fraction of sp³-hybridized carbons (Fsp3) is 0.812. The number of nitrogens with zero attached hydrogens (tertiary/aromatic N) is 1. The first-order chi connectivity index (χ1) is 9.85. The highest BCUT2D eigenvalue weighted by atomic mass is 16.2. The SMILES string of the molecule is CCC1(CC)C(=O)NC(=O)N(C2CC(C)CC(C)C2)C1=O. The van der Waals surface area contributed by atoms with Crippen molar-refractivity contribution in [1.29, 1.82) is 0 Å². The van der Waals surface area contributed by atoms with Gasteiger partial charge in [-0.15, -0.1) is 0 Å². The van der Waals surface area contributed by atoms with E-state index in [2.05, 4.69) is 19.2 Å². The second-order valence-corrected chi connectivity index (χ2v) is 6.79. The van der Waals surface area contributed by atoms with E-state index in [1.165, 1.54) is 4.90 Å². The third-order valence-corrected chi connectivity index (χ3v) is 5.23. The zero-order valence-corrected chi connectivity index (χ0v) is 13.4. The normalized spacial score (nSPS) is 33.0. The minimum absolute atomic E-state index is 0.0816. The number of nitrogens with one attached hydrogen (secondary N) is 1. The van der Waals surface area contributed by atoms with E-state index in [0.717, 1.165) is 19.3 Å². The molecule has 2 rings (SSSR count). The molecule has 0 spiro atoms. The zero-order valence-electron chi connectivity index (χ0n) is 13.4. The van der Waals surface area contributed by atoms with Gasteiger partial charge in [0, 0.05) is 6.04 Å². The molecule has 2 atom stereocenters. The fourth-order valence-electron chi connectivity index (χ4n) is 4.02. The maximum Gasteiger partial charge on any atom is 0.331 e. The standard InChI is InChI=1S/C16H26N2O3/c1-5-16(6-2)13(19)17-15(21)18(14(16)20)12-8-10(3)7-11(4)9-12/h10-12H,5-9H2,1-4H3,(H,17,19,21). The number of carbonyl (C=O) groups excluding carboxylic acids is 3. The average Bonchev–Trinajstić information content (AvgIpc) is 2.38. The molecule has 21 heavy (non-hydrogen) atoms. The number of urea groups is 1. The second-order valence-electron chi connectivity index (χ2n) is 6.79. The topological polar surface area (TPSA) is 66.5 Å². The molecule has 5 nitrogen and oxygen atoms in total. The Kier molecular flexibility index (Phi) is 4.40. The molecule has 0 aromatic heterocycles. The van der Waals surface area contributed by atoms with Gasteiger partial charge in [-0.05, 0) is 43.9 Å². The molecular weight excluding hydrogens is 268 g/mol.